The summed E-state index contributed by atoms with van der Waals surface area (Å²) in [6, 6.07) is 10.3. The van der Waals surface area contributed by atoms with E-state index < -0.39 is 17.9 Å². The van der Waals surface area contributed by atoms with Crippen molar-refractivity contribution >= 4 is 28.4 Å². The zero-order valence-electron chi connectivity index (χ0n) is 16.9. The van der Waals surface area contributed by atoms with Crippen LogP contribution in [0.25, 0.3) is 11.0 Å². The number of hydrogen-bond donors (Lipinski definition) is 5. The summed E-state index contributed by atoms with van der Waals surface area (Å²) in [5, 5.41) is 16.5. The average molecular weight is 414 g/mol. The first kappa shape index (κ1) is 23.0. The van der Waals surface area contributed by atoms with Crippen molar-refractivity contribution in [1.82, 2.24) is 14.9 Å². The number of Topliss-reactive ketones (excluding diaryl/α,β-unsaturated/α-hetero) is 1. The van der Waals surface area contributed by atoms with Crippen LogP contribution in [-0.4, -0.2) is 45.0 Å². The summed E-state index contributed by atoms with van der Waals surface area (Å²) >= 11 is 0. The van der Waals surface area contributed by atoms with Gasteiger partial charge in [-0.25, -0.2) is 4.98 Å². The van der Waals surface area contributed by atoms with E-state index >= 15 is 0 Å². The normalized spacial score (nSPS) is 17.2. The number of aryl methyl sites for hydroxylation is 2. The lowest BCUT2D eigenvalue weighted by Gasteiger charge is -2.32. The largest absolute Gasteiger partial charge is 0.412 e. The smallest absolute Gasteiger partial charge is 0.251 e. The van der Waals surface area contributed by atoms with Crippen LogP contribution >= 0.6 is 0 Å². The zero-order chi connectivity index (χ0) is 21.3. The number of fused-ring (bicyclic) bond motifs is 3. The van der Waals surface area contributed by atoms with Crippen molar-refractivity contribution in [2.24, 2.45) is 18.7 Å². The van der Waals surface area contributed by atoms with E-state index in [9.17, 15) is 14.7 Å². The molecular weight excluding hydrogens is 388 g/mol. The van der Waals surface area contributed by atoms with Crippen molar-refractivity contribution in [1.29, 1.82) is 0 Å². The Morgan fingerprint density at radius 2 is 1.90 bits per heavy atom. The van der Waals surface area contributed by atoms with Gasteiger partial charge in [-0.15, -0.1) is 0 Å². The van der Waals surface area contributed by atoms with E-state index in [1.54, 1.807) is 6.07 Å². The lowest BCUT2D eigenvalue weighted by molar-refractivity contribution is 0.0691. The Morgan fingerprint density at radius 3 is 2.50 bits per heavy atom. The monoisotopic (exact) mass is 414 g/mol. The van der Waals surface area contributed by atoms with Crippen LogP contribution in [0.3, 0.4) is 0 Å². The predicted octanol–water partition coefficient (Wildman–Crippen LogP) is -0.0542. The summed E-state index contributed by atoms with van der Waals surface area (Å²) in [6.07, 6.45) is -1.30. The summed E-state index contributed by atoms with van der Waals surface area (Å²) in [7, 11) is 3.37. The summed E-state index contributed by atoms with van der Waals surface area (Å²) in [4.78, 5) is 30.1. The van der Waals surface area contributed by atoms with Crippen LogP contribution in [0.5, 0.6) is 0 Å². The van der Waals surface area contributed by atoms with Gasteiger partial charge in [0.05, 0.1) is 28.4 Å². The van der Waals surface area contributed by atoms with Crippen molar-refractivity contribution in [3.05, 3.63) is 58.9 Å². The van der Waals surface area contributed by atoms with Crippen molar-refractivity contribution in [2.45, 2.75) is 19.1 Å². The fourth-order valence-electron chi connectivity index (χ4n) is 3.61. The van der Waals surface area contributed by atoms with Crippen LogP contribution in [0.15, 0.2) is 36.4 Å². The molecule has 1 aliphatic rings. The molecule has 4 rings (SSSR count). The SMILES string of the molecule is CNC(=O)c1cc2c(nc(C)n2C)c2c1C(=O)[C@H](O)[C@@H](c1ccccc1)N2.NN.O. The van der Waals surface area contributed by atoms with E-state index in [4.69, 9.17) is 0 Å². The van der Waals surface area contributed by atoms with Gasteiger partial charge in [0.25, 0.3) is 5.91 Å². The minimum absolute atomic E-state index is 0. The fourth-order valence-corrected chi connectivity index (χ4v) is 3.61. The van der Waals surface area contributed by atoms with E-state index in [2.05, 4.69) is 27.3 Å². The Labute approximate surface area is 173 Å². The summed E-state index contributed by atoms with van der Waals surface area (Å²) in [6.45, 7) is 1.86. The Kier molecular flexibility index (Phi) is 6.90. The third-order valence-electron chi connectivity index (χ3n) is 5.16. The van der Waals surface area contributed by atoms with Crippen LogP contribution < -0.4 is 22.3 Å². The van der Waals surface area contributed by atoms with Crippen LogP contribution in [-0.2, 0) is 7.05 Å². The Hall–Kier alpha value is -3.31. The van der Waals surface area contributed by atoms with E-state index in [1.165, 1.54) is 7.05 Å². The van der Waals surface area contributed by atoms with Gasteiger partial charge in [0, 0.05) is 14.1 Å². The summed E-state index contributed by atoms with van der Waals surface area (Å²) in [5.41, 5.74) is 3.03. The molecule has 2 aromatic carbocycles. The van der Waals surface area contributed by atoms with Gasteiger partial charge in [0.1, 0.15) is 17.4 Å². The number of aliphatic hydroxyl groups is 1. The number of aromatic nitrogens is 2. The first-order valence-electron chi connectivity index (χ1n) is 9.03. The van der Waals surface area contributed by atoms with Gasteiger partial charge >= 0.3 is 0 Å². The molecule has 0 saturated carbocycles. The Bertz CT molecular complexity index is 1080. The molecular formula is C20H26N6O4. The zero-order valence-corrected chi connectivity index (χ0v) is 16.9. The molecule has 0 fully saturated rings. The summed E-state index contributed by atoms with van der Waals surface area (Å²) < 4.78 is 1.87. The number of ketones is 1. The third kappa shape index (κ3) is 3.53. The molecule has 0 saturated heterocycles. The predicted molar refractivity (Wildman–Crippen MR) is 114 cm³/mol. The number of amides is 1. The van der Waals surface area contributed by atoms with Crippen LogP contribution in [0.2, 0.25) is 0 Å². The van der Waals surface area contributed by atoms with Crippen LogP contribution in [0.1, 0.15) is 38.1 Å². The molecule has 1 amide bonds. The third-order valence-corrected chi connectivity index (χ3v) is 5.16. The first-order valence-corrected chi connectivity index (χ1v) is 9.03. The molecule has 1 aliphatic heterocycles. The van der Waals surface area contributed by atoms with Crippen molar-refractivity contribution < 1.29 is 20.2 Å². The average Bonchev–Trinajstić information content (AvgIpc) is 3.05. The molecule has 2 atom stereocenters. The molecule has 160 valence electrons. The summed E-state index contributed by atoms with van der Waals surface area (Å²) in [5.74, 6) is 7.90. The Morgan fingerprint density at radius 1 is 1.27 bits per heavy atom. The number of rotatable bonds is 2. The molecule has 0 unspecified atom stereocenters. The molecule has 10 heteroatoms. The van der Waals surface area contributed by atoms with Gasteiger partial charge in [-0.05, 0) is 18.6 Å². The maximum atomic E-state index is 13.1. The first-order chi connectivity index (χ1) is 13.9. The topological polar surface area (TPSA) is 180 Å². The number of anilines is 1. The highest BCUT2D eigenvalue weighted by molar-refractivity contribution is 6.19. The number of hydrazine groups is 1. The molecule has 30 heavy (non-hydrogen) atoms. The highest BCUT2D eigenvalue weighted by Crippen LogP contribution is 2.39. The number of benzene rings is 2. The molecule has 3 aromatic rings. The molecule has 0 aliphatic carbocycles. The van der Waals surface area contributed by atoms with Gasteiger partial charge in [-0.2, -0.15) is 0 Å². The van der Waals surface area contributed by atoms with Crippen LogP contribution in [0, 0.1) is 6.92 Å². The second-order valence-corrected chi connectivity index (χ2v) is 6.68. The second kappa shape index (κ2) is 9.01. The van der Waals surface area contributed by atoms with Gasteiger partial charge in [-0.3, -0.25) is 21.3 Å². The number of nitrogens with zero attached hydrogens (tertiary/aromatic N) is 2. The lowest BCUT2D eigenvalue weighted by Crippen LogP contribution is -2.39. The molecule has 0 radical (unpaired) electrons. The minimum Gasteiger partial charge on any atom is -0.412 e. The second-order valence-electron chi connectivity index (χ2n) is 6.68. The number of aliphatic hydroxyl groups excluding tert-OH is 1. The lowest BCUT2D eigenvalue weighted by atomic mass is 9.86. The Balaban J connectivity index is 0.00000104. The van der Waals surface area contributed by atoms with E-state index in [0.717, 1.165) is 16.9 Å². The van der Waals surface area contributed by atoms with E-state index in [1.807, 2.05) is 48.9 Å². The van der Waals surface area contributed by atoms with Crippen molar-refractivity contribution in [3.63, 3.8) is 0 Å². The molecule has 2 heterocycles. The van der Waals surface area contributed by atoms with Gasteiger partial charge < -0.3 is 25.8 Å². The molecule has 9 N–H and O–H groups in total. The maximum absolute atomic E-state index is 13.1. The number of carbonyl (C=O) groups is 2. The highest BCUT2D eigenvalue weighted by Gasteiger charge is 2.39. The van der Waals surface area contributed by atoms with Crippen LogP contribution in [0.4, 0.5) is 5.69 Å². The highest BCUT2D eigenvalue weighted by atomic mass is 16.3. The van der Waals surface area contributed by atoms with Crippen molar-refractivity contribution in [2.75, 3.05) is 12.4 Å². The van der Waals surface area contributed by atoms with Gasteiger partial charge in [0.15, 0.2) is 5.78 Å². The number of hydrogen-bond acceptors (Lipinski definition) is 7. The number of imidazole rings is 1. The molecule has 0 bridgehead atoms. The van der Waals surface area contributed by atoms with Gasteiger partial charge in [-0.1, -0.05) is 30.3 Å². The molecule has 1 aromatic heterocycles. The fraction of sp³-hybridized carbons (Fsp3) is 0.250. The van der Waals surface area contributed by atoms with Crippen molar-refractivity contribution in [3.8, 4) is 0 Å². The standard InChI is InChI=1S/C20H20N4O3.H4N2.H2O/c1-10-22-16-13(24(10)3)9-12(20(27)21-2)14-17(16)23-15(19(26)18(14)25)11-7-5-4-6-8-11;1-2;/h4-9,15,19,23,26H,1-3H3,(H,21,27);1-2H2;1H2/t15-,19-;;/m1../s1. The minimum atomic E-state index is -1.30. The number of carbonyl (C=O) groups excluding carboxylic acids is 2. The van der Waals surface area contributed by atoms with Gasteiger partial charge in [0.2, 0.25) is 0 Å². The maximum Gasteiger partial charge on any atom is 0.251 e. The number of nitrogens with two attached hydrogens (primary N) is 2. The quantitative estimate of drug-likeness (QED) is 0.288. The molecule has 10 nitrogen and oxygen atoms in total. The number of nitrogens with one attached hydrogen (secondary N) is 2. The van der Waals surface area contributed by atoms with E-state index in [0.29, 0.717) is 11.2 Å². The molecule has 0 spiro atoms. The van der Waals surface area contributed by atoms with E-state index in [-0.39, 0.29) is 22.5 Å².